The lowest BCUT2D eigenvalue weighted by atomic mass is 10.0. The van der Waals surface area contributed by atoms with Crippen LogP contribution in [0.5, 0.6) is 0 Å². The zero-order valence-corrected chi connectivity index (χ0v) is 11.4. The Kier molecular flexibility index (Phi) is 5.33. The molecule has 1 amide bonds. The van der Waals surface area contributed by atoms with E-state index in [0.29, 0.717) is 13.0 Å². The van der Waals surface area contributed by atoms with Crippen LogP contribution in [-0.2, 0) is 24.2 Å². The predicted molar refractivity (Wildman–Crippen MR) is 79.2 cm³/mol. The zero-order chi connectivity index (χ0) is 14.2. The summed E-state index contributed by atoms with van der Waals surface area (Å²) in [6, 6.07) is 17.5. The molecule has 2 N–H and O–H groups in total. The van der Waals surface area contributed by atoms with Crippen LogP contribution in [-0.4, -0.2) is 17.6 Å². The van der Waals surface area contributed by atoms with E-state index in [9.17, 15) is 9.90 Å². The number of carbonyl (C=O) groups excluding carboxylic acids is 1. The van der Waals surface area contributed by atoms with Gasteiger partial charge < -0.3 is 10.4 Å². The van der Waals surface area contributed by atoms with Crippen molar-refractivity contribution in [2.24, 2.45) is 0 Å². The smallest absolute Gasteiger partial charge is 0.224 e. The third kappa shape index (κ3) is 4.21. The summed E-state index contributed by atoms with van der Waals surface area (Å²) in [4.78, 5) is 11.9. The molecule has 2 aromatic rings. The van der Waals surface area contributed by atoms with Gasteiger partial charge in [-0.2, -0.15) is 0 Å². The molecule has 0 aliphatic carbocycles. The van der Waals surface area contributed by atoms with Crippen molar-refractivity contribution in [3.63, 3.8) is 0 Å². The van der Waals surface area contributed by atoms with Gasteiger partial charge in [0.15, 0.2) is 0 Å². The van der Waals surface area contributed by atoms with Gasteiger partial charge in [-0.1, -0.05) is 54.6 Å². The van der Waals surface area contributed by atoms with Crippen molar-refractivity contribution in [1.29, 1.82) is 0 Å². The monoisotopic (exact) mass is 269 g/mol. The first-order valence-corrected chi connectivity index (χ1v) is 6.78. The molecule has 104 valence electrons. The summed E-state index contributed by atoms with van der Waals surface area (Å²) in [5, 5.41) is 12.1. The average molecular weight is 269 g/mol. The highest BCUT2D eigenvalue weighted by molar-refractivity contribution is 5.78. The van der Waals surface area contributed by atoms with Gasteiger partial charge in [-0.15, -0.1) is 0 Å². The molecule has 0 aromatic heterocycles. The number of hydrogen-bond acceptors (Lipinski definition) is 2. The van der Waals surface area contributed by atoms with E-state index in [2.05, 4.69) is 5.32 Å². The Morgan fingerprint density at radius 2 is 1.60 bits per heavy atom. The molecular formula is C17H19NO2. The van der Waals surface area contributed by atoms with Gasteiger partial charge in [0.1, 0.15) is 0 Å². The first kappa shape index (κ1) is 14.3. The Labute approximate surface area is 119 Å². The van der Waals surface area contributed by atoms with E-state index < -0.39 is 0 Å². The summed E-state index contributed by atoms with van der Waals surface area (Å²) in [5.41, 5.74) is 2.90. The van der Waals surface area contributed by atoms with E-state index in [-0.39, 0.29) is 12.5 Å². The maximum Gasteiger partial charge on any atom is 0.224 e. The highest BCUT2D eigenvalue weighted by Gasteiger charge is 2.06. The minimum atomic E-state index is -0.0343. The van der Waals surface area contributed by atoms with Crippen LogP contribution in [0.3, 0.4) is 0 Å². The lowest BCUT2D eigenvalue weighted by Gasteiger charge is -2.08. The minimum absolute atomic E-state index is 0.0122. The van der Waals surface area contributed by atoms with E-state index in [4.69, 9.17) is 0 Å². The SMILES string of the molecule is O=C(Cc1ccccc1CO)NCCc1ccccc1. The molecule has 0 aliphatic heterocycles. The van der Waals surface area contributed by atoms with Crippen molar-refractivity contribution in [1.82, 2.24) is 5.32 Å². The van der Waals surface area contributed by atoms with Crippen LogP contribution >= 0.6 is 0 Å². The van der Waals surface area contributed by atoms with E-state index in [1.165, 1.54) is 5.56 Å². The molecule has 0 saturated carbocycles. The van der Waals surface area contributed by atoms with Gasteiger partial charge in [0.25, 0.3) is 0 Å². The van der Waals surface area contributed by atoms with Crippen LogP contribution in [0.4, 0.5) is 0 Å². The van der Waals surface area contributed by atoms with E-state index in [0.717, 1.165) is 17.5 Å². The first-order valence-electron chi connectivity index (χ1n) is 6.78. The van der Waals surface area contributed by atoms with Crippen molar-refractivity contribution < 1.29 is 9.90 Å². The summed E-state index contributed by atoms with van der Waals surface area (Å²) >= 11 is 0. The van der Waals surface area contributed by atoms with Gasteiger partial charge in [0.05, 0.1) is 13.0 Å². The fourth-order valence-electron chi connectivity index (χ4n) is 2.11. The number of rotatable bonds is 6. The standard InChI is InChI=1S/C17H19NO2/c19-13-16-9-5-4-8-15(16)12-17(20)18-11-10-14-6-2-1-3-7-14/h1-9,19H,10-13H2,(H,18,20). The number of aliphatic hydroxyl groups is 1. The number of nitrogens with one attached hydrogen (secondary N) is 1. The maximum atomic E-state index is 11.9. The maximum absolute atomic E-state index is 11.9. The van der Waals surface area contributed by atoms with Gasteiger partial charge in [0.2, 0.25) is 5.91 Å². The Balaban J connectivity index is 1.81. The molecule has 2 aromatic carbocycles. The van der Waals surface area contributed by atoms with Crippen LogP contribution in [0.2, 0.25) is 0 Å². The van der Waals surface area contributed by atoms with Gasteiger partial charge in [0, 0.05) is 6.54 Å². The van der Waals surface area contributed by atoms with Crippen molar-refractivity contribution >= 4 is 5.91 Å². The number of carbonyl (C=O) groups is 1. The molecule has 0 spiro atoms. The van der Waals surface area contributed by atoms with Gasteiger partial charge in [-0.3, -0.25) is 4.79 Å². The normalized spacial score (nSPS) is 10.2. The molecule has 0 atom stereocenters. The fourth-order valence-corrected chi connectivity index (χ4v) is 2.11. The van der Waals surface area contributed by atoms with E-state index in [1.807, 2.05) is 54.6 Å². The predicted octanol–water partition coefficient (Wildman–Crippen LogP) is 2.08. The van der Waals surface area contributed by atoms with Gasteiger partial charge in [-0.25, -0.2) is 0 Å². The molecule has 0 fully saturated rings. The highest BCUT2D eigenvalue weighted by atomic mass is 16.3. The second kappa shape index (κ2) is 7.46. The topological polar surface area (TPSA) is 49.3 Å². The third-order valence-electron chi connectivity index (χ3n) is 3.22. The molecular weight excluding hydrogens is 250 g/mol. The van der Waals surface area contributed by atoms with Crippen molar-refractivity contribution in [3.05, 3.63) is 71.3 Å². The van der Waals surface area contributed by atoms with Gasteiger partial charge in [-0.05, 0) is 23.1 Å². The van der Waals surface area contributed by atoms with Crippen LogP contribution in [0.1, 0.15) is 16.7 Å². The highest BCUT2D eigenvalue weighted by Crippen LogP contribution is 2.09. The Morgan fingerprint density at radius 1 is 0.950 bits per heavy atom. The average Bonchev–Trinajstić information content (AvgIpc) is 2.49. The molecule has 0 saturated heterocycles. The summed E-state index contributed by atoms with van der Waals surface area (Å²) in [6.45, 7) is 0.595. The summed E-state index contributed by atoms with van der Waals surface area (Å²) < 4.78 is 0. The zero-order valence-electron chi connectivity index (χ0n) is 11.4. The second-order valence-electron chi connectivity index (χ2n) is 4.69. The lowest BCUT2D eigenvalue weighted by molar-refractivity contribution is -0.120. The molecule has 2 rings (SSSR count). The Morgan fingerprint density at radius 3 is 2.30 bits per heavy atom. The van der Waals surface area contributed by atoms with Crippen LogP contribution < -0.4 is 5.32 Å². The third-order valence-corrected chi connectivity index (χ3v) is 3.22. The molecule has 0 radical (unpaired) electrons. The molecule has 3 heteroatoms. The summed E-state index contributed by atoms with van der Waals surface area (Å²) in [6.07, 6.45) is 1.14. The number of amides is 1. The molecule has 3 nitrogen and oxygen atoms in total. The summed E-state index contributed by atoms with van der Waals surface area (Å²) in [5.74, 6) is -0.0122. The molecule has 0 unspecified atom stereocenters. The Bertz CT molecular complexity index is 552. The Hall–Kier alpha value is -2.13. The lowest BCUT2D eigenvalue weighted by Crippen LogP contribution is -2.27. The fraction of sp³-hybridized carbons (Fsp3) is 0.235. The minimum Gasteiger partial charge on any atom is -0.392 e. The number of aliphatic hydroxyl groups excluding tert-OH is 1. The molecule has 0 bridgehead atoms. The molecule has 20 heavy (non-hydrogen) atoms. The second-order valence-corrected chi connectivity index (χ2v) is 4.69. The van der Waals surface area contributed by atoms with Gasteiger partial charge >= 0.3 is 0 Å². The van der Waals surface area contributed by atoms with E-state index in [1.54, 1.807) is 0 Å². The van der Waals surface area contributed by atoms with Crippen LogP contribution in [0.15, 0.2) is 54.6 Å². The van der Waals surface area contributed by atoms with Crippen LogP contribution in [0, 0.1) is 0 Å². The van der Waals surface area contributed by atoms with Crippen molar-refractivity contribution in [3.8, 4) is 0 Å². The van der Waals surface area contributed by atoms with Crippen molar-refractivity contribution in [2.45, 2.75) is 19.4 Å². The van der Waals surface area contributed by atoms with E-state index >= 15 is 0 Å². The number of hydrogen-bond donors (Lipinski definition) is 2. The largest absolute Gasteiger partial charge is 0.392 e. The molecule has 0 aliphatic rings. The first-order chi connectivity index (χ1) is 9.79. The molecule has 0 heterocycles. The summed E-state index contributed by atoms with van der Waals surface area (Å²) in [7, 11) is 0. The van der Waals surface area contributed by atoms with Crippen LogP contribution in [0.25, 0.3) is 0 Å². The quantitative estimate of drug-likeness (QED) is 0.843. The number of benzene rings is 2. The van der Waals surface area contributed by atoms with Crippen molar-refractivity contribution in [2.75, 3.05) is 6.54 Å².